The third-order valence-electron chi connectivity index (χ3n) is 7.02. The van der Waals surface area contributed by atoms with Gasteiger partial charge in [0.15, 0.2) is 5.65 Å². The number of likely N-dealkylation sites (tertiary alicyclic amines) is 1. The molecule has 2 fully saturated rings. The Balaban J connectivity index is 1.30. The molecule has 2 aromatic heterocycles. The third kappa shape index (κ3) is 3.67. The van der Waals surface area contributed by atoms with Gasteiger partial charge in [0.1, 0.15) is 16.9 Å². The first-order valence-electron chi connectivity index (χ1n) is 11.3. The van der Waals surface area contributed by atoms with Crippen LogP contribution in [0, 0.1) is 0 Å². The van der Waals surface area contributed by atoms with Crippen LogP contribution in [0.25, 0.3) is 5.65 Å². The molecule has 35 heavy (non-hydrogen) atoms. The maximum Gasteiger partial charge on any atom is 0.401 e. The van der Waals surface area contributed by atoms with Crippen molar-refractivity contribution in [2.45, 2.75) is 37.2 Å². The van der Waals surface area contributed by atoms with Crippen LogP contribution in [-0.4, -0.2) is 80.6 Å². The summed E-state index contributed by atoms with van der Waals surface area (Å²) in [6, 6.07) is 5.08. The number of carbonyl (C=O) groups is 1. The number of amides is 1. The minimum atomic E-state index is -4.23. The standard InChI is InChI=1S/C23H23F3N6O3/c1-22(12-33)7-13-5-15(29-21(34)14-8-28-32-4-2-3-27-20(14)32)16(6-19(13)35-22)31-10-17-18(31)9-30(17)11-23(24,25)26/h2-6,8,17-18,33H,7,9-12H2,1H3,(H,29,34)/t17?,18-,22-/m1/s1. The smallest absolute Gasteiger partial charge is 0.401 e. The fourth-order valence-electron chi connectivity index (χ4n) is 5.19. The number of halogens is 3. The van der Waals surface area contributed by atoms with E-state index < -0.39 is 24.2 Å². The molecule has 5 heterocycles. The quantitative estimate of drug-likeness (QED) is 0.568. The van der Waals surface area contributed by atoms with Crippen LogP contribution in [0.3, 0.4) is 0 Å². The van der Waals surface area contributed by atoms with Gasteiger partial charge in [-0.1, -0.05) is 0 Å². The third-order valence-corrected chi connectivity index (χ3v) is 7.02. The number of anilines is 2. The van der Waals surface area contributed by atoms with Gasteiger partial charge in [0.2, 0.25) is 0 Å². The van der Waals surface area contributed by atoms with Gasteiger partial charge in [-0.25, -0.2) is 9.50 Å². The number of rotatable bonds is 5. The highest BCUT2D eigenvalue weighted by molar-refractivity contribution is 6.09. The molecule has 0 radical (unpaired) electrons. The summed E-state index contributed by atoms with van der Waals surface area (Å²) in [5.74, 6) is 0.204. The number of alkyl halides is 3. The number of ether oxygens (including phenoxy) is 1. The van der Waals surface area contributed by atoms with E-state index in [1.807, 2.05) is 17.0 Å². The lowest BCUT2D eigenvalue weighted by Gasteiger charge is -2.63. The van der Waals surface area contributed by atoms with Crippen molar-refractivity contribution in [2.75, 3.05) is 36.5 Å². The molecule has 2 N–H and O–H groups in total. The molecule has 0 spiro atoms. The lowest BCUT2D eigenvalue weighted by atomic mass is 9.84. The van der Waals surface area contributed by atoms with Crippen LogP contribution in [0.5, 0.6) is 5.75 Å². The number of benzene rings is 1. The molecule has 3 atom stereocenters. The van der Waals surface area contributed by atoms with Crippen molar-refractivity contribution in [1.29, 1.82) is 0 Å². The molecule has 2 saturated heterocycles. The van der Waals surface area contributed by atoms with Crippen molar-refractivity contribution in [3.63, 3.8) is 0 Å². The normalized spacial score (nSPS) is 25.5. The van der Waals surface area contributed by atoms with E-state index in [0.717, 1.165) is 5.56 Å². The highest BCUT2D eigenvalue weighted by atomic mass is 19.4. The largest absolute Gasteiger partial charge is 0.484 e. The first-order chi connectivity index (χ1) is 16.6. The number of nitrogens with one attached hydrogen (secondary N) is 1. The Morgan fingerprint density at radius 3 is 2.86 bits per heavy atom. The number of fused-ring (bicyclic) bond motifs is 3. The van der Waals surface area contributed by atoms with Gasteiger partial charge in [-0.2, -0.15) is 18.3 Å². The second-order valence-electron chi connectivity index (χ2n) is 9.60. The van der Waals surface area contributed by atoms with Crippen molar-refractivity contribution in [3.8, 4) is 5.75 Å². The fourth-order valence-corrected chi connectivity index (χ4v) is 5.19. The fraction of sp³-hybridized carbons (Fsp3) is 0.435. The molecule has 12 heteroatoms. The van der Waals surface area contributed by atoms with E-state index in [9.17, 15) is 23.1 Å². The van der Waals surface area contributed by atoms with Gasteiger partial charge >= 0.3 is 6.18 Å². The Hall–Kier alpha value is -3.38. The zero-order valence-corrected chi connectivity index (χ0v) is 18.8. The molecule has 3 aliphatic heterocycles. The van der Waals surface area contributed by atoms with Crippen molar-refractivity contribution in [3.05, 3.63) is 47.9 Å². The van der Waals surface area contributed by atoms with E-state index in [0.29, 0.717) is 47.8 Å². The predicted molar refractivity (Wildman–Crippen MR) is 120 cm³/mol. The van der Waals surface area contributed by atoms with E-state index in [-0.39, 0.29) is 18.7 Å². The van der Waals surface area contributed by atoms with Gasteiger partial charge in [-0.05, 0) is 19.1 Å². The van der Waals surface area contributed by atoms with E-state index in [4.69, 9.17) is 4.74 Å². The Bertz CT molecular complexity index is 1330. The maximum absolute atomic E-state index is 13.2. The maximum atomic E-state index is 13.2. The monoisotopic (exact) mass is 488 g/mol. The molecule has 184 valence electrons. The number of hydrogen-bond acceptors (Lipinski definition) is 7. The second-order valence-corrected chi connectivity index (χ2v) is 9.60. The Kier molecular flexibility index (Phi) is 4.77. The minimum Gasteiger partial charge on any atom is -0.484 e. The zero-order chi connectivity index (χ0) is 24.5. The first kappa shape index (κ1) is 22.1. The molecule has 1 amide bonds. The Labute approximate surface area is 198 Å². The highest BCUT2D eigenvalue weighted by Gasteiger charge is 2.54. The van der Waals surface area contributed by atoms with Crippen LogP contribution in [0.2, 0.25) is 0 Å². The summed E-state index contributed by atoms with van der Waals surface area (Å²) in [6.45, 7) is 1.42. The average Bonchev–Trinajstić information content (AvgIpc) is 3.36. The average molecular weight is 488 g/mol. The van der Waals surface area contributed by atoms with Gasteiger partial charge in [0.25, 0.3) is 5.91 Å². The molecule has 1 unspecified atom stereocenters. The Morgan fingerprint density at radius 1 is 1.31 bits per heavy atom. The van der Waals surface area contributed by atoms with Crippen LogP contribution < -0.4 is 15.0 Å². The number of nitrogens with zero attached hydrogens (tertiary/aromatic N) is 5. The van der Waals surface area contributed by atoms with Crippen molar-refractivity contribution < 1.29 is 27.8 Å². The molecule has 3 aromatic rings. The summed E-state index contributed by atoms with van der Waals surface area (Å²) in [6.07, 6.45) is 0.938. The lowest BCUT2D eigenvalue weighted by molar-refractivity contribution is -0.170. The summed E-state index contributed by atoms with van der Waals surface area (Å²) in [4.78, 5) is 20.9. The minimum absolute atomic E-state index is 0.0738. The number of aromatic nitrogens is 3. The number of aliphatic hydroxyl groups is 1. The van der Waals surface area contributed by atoms with Crippen molar-refractivity contribution in [1.82, 2.24) is 19.5 Å². The van der Waals surface area contributed by atoms with Gasteiger partial charge in [-0.3, -0.25) is 9.69 Å². The first-order valence-corrected chi connectivity index (χ1v) is 11.3. The molecule has 3 aliphatic rings. The predicted octanol–water partition coefficient (Wildman–Crippen LogP) is 2.10. The SMILES string of the molecule is C[C@]1(CO)Cc2cc(NC(=O)c3cnn4cccnc34)c(N3CC4[C@H]3CN4CC(F)(F)F)cc2O1. The molecular weight excluding hydrogens is 465 g/mol. The summed E-state index contributed by atoms with van der Waals surface area (Å²) >= 11 is 0. The number of piperazine rings is 1. The van der Waals surface area contributed by atoms with Crippen LogP contribution in [0.1, 0.15) is 22.8 Å². The van der Waals surface area contributed by atoms with E-state index in [2.05, 4.69) is 15.4 Å². The summed E-state index contributed by atoms with van der Waals surface area (Å²) in [5, 5.41) is 16.9. The summed E-state index contributed by atoms with van der Waals surface area (Å²) < 4.78 is 46.0. The van der Waals surface area contributed by atoms with Gasteiger partial charge in [0.05, 0.1) is 36.8 Å². The Morgan fingerprint density at radius 2 is 2.14 bits per heavy atom. The summed E-state index contributed by atoms with van der Waals surface area (Å²) in [5.41, 5.74) is 1.98. The molecule has 1 aromatic carbocycles. The van der Waals surface area contributed by atoms with Crippen molar-refractivity contribution in [2.24, 2.45) is 0 Å². The van der Waals surface area contributed by atoms with Crippen LogP contribution in [0.15, 0.2) is 36.8 Å². The van der Waals surface area contributed by atoms with E-state index in [1.165, 1.54) is 15.6 Å². The van der Waals surface area contributed by atoms with Gasteiger partial charge < -0.3 is 20.1 Å². The van der Waals surface area contributed by atoms with Gasteiger partial charge in [-0.15, -0.1) is 0 Å². The molecule has 9 nitrogen and oxygen atoms in total. The van der Waals surface area contributed by atoms with E-state index >= 15 is 0 Å². The number of aliphatic hydroxyl groups excluding tert-OH is 1. The van der Waals surface area contributed by atoms with Crippen LogP contribution in [0.4, 0.5) is 24.5 Å². The molecular formula is C23H23F3N6O3. The second kappa shape index (κ2) is 7.56. The van der Waals surface area contributed by atoms with E-state index in [1.54, 1.807) is 25.4 Å². The summed E-state index contributed by atoms with van der Waals surface area (Å²) in [7, 11) is 0. The lowest BCUT2D eigenvalue weighted by Crippen LogP contribution is -2.79. The van der Waals surface area contributed by atoms with Crippen LogP contribution in [-0.2, 0) is 6.42 Å². The number of carbonyl (C=O) groups excluding carboxylic acids is 1. The zero-order valence-electron chi connectivity index (χ0n) is 18.8. The molecule has 0 saturated carbocycles. The molecule has 6 rings (SSSR count). The number of hydrogen-bond donors (Lipinski definition) is 2. The van der Waals surface area contributed by atoms with Crippen molar-refractivity contribution >= 4 is 22.9 Å². The topological polar surface area (TPSA) is 95.2 Å². The highest BCUT2D eigenvalue weighted by Crippen LogP contribution is 2.46. The van der Waals surface area contributed by atoms with Crippen LogP contribution >= 0.6 is 0 Å². The molecule has 0 bridgehead atoms. The molecule has 0 aliphatic carbocycles. The van der Waals surface area contributed by atoms with Gasteiger partial charge in [0, 0.05) is 49.6 Å².